The molecule has 2 N–H and O–H groups in total. The van der Waals surface area contributed by atoms with Gasteiger partial charge in [0.1, 0.15) is 5.82 Å². The lowest BCUT2D eigenvalue weighted by molar-refractivity contribution is 0.0988. The summed E-state index contributed by atoms with van der Waals surface area (Å²) < 4.78 is 13.3. The third-order valence-corrected chi connectivity index (χ3v) is 3.32. The van der Waals surface area contributed by atoms with E-state index in [1.807, 2.05) is 19.1 Å². The second-order valence-corrected chi connectivity index (χ2v) is 4.76. The fourth-order valence-corrected chi connectivity index (χ4v) is 2.22. The zero-order valence-electron chi connectivity index (χ0n) is 12.1. The highest BCUT2D eigenvalue weighted by atomic mass is 19.1. The number of nitrogens with two attached hydrogens (primary N) is 1. The molecular formula is C17H19FN2O. The number of carbonyl (C=O) groups excluding carboxylic acids is 1. The maximum Gasteiger partial charge on any atom is 0.258 e. The van der Waals surface area contributed by atoms with Gasteiger partial charge < -0.3 is 10.6 Å². The number of hydrogen-bond acceptors (Lipinski definition) is 2. The maximum atomic E-state index is 13.3. The Morgan fingerprint density at radius 2 is 1.90 bits per heavy atom. The van der Waals surface area contributed by atoms with E-state index in [0.717, 1.165) is 12.0 Å². The van der Waals surface area contributed by atoms with Crippen LogP contribution in [0, 0.1) is 5.82 Å². The third-order valence-electron chi connectivity index (χ3n) is 3.32. The number of carbonyl (C=O) groups is 1. The lowest BCUT2D eigenvalue weighted by Crippen LogP contribution is -2.30. The van der Waals surface area contributed by atoms with E-state index < -0.39 is 0 Å². The van der Waals surface area contributed by atoms with Gasteiger partial charge in [-0.25, -0.2) is 4.39 Å². The molecule has 2 rings (SSSR count). The molecule has 3 nitrogen and oxygen atoms in total. The van der Waals surface area contributed by atoms with Crippen molar-refractivity contribution in [1.29, 1.82) is 0 Å². The van der Waals surface area contributed by atoms with Gasteiger partial charge >= 0.3 is 0 Å². The van der Waals surface area contributed by atoms with Crippen molar-refractivity contribution in [2.75, 3.05) is 18.0 Å². The second kappa shape index (κ2) is 6.99. The van der Waals surface area contributed by atoms with E-state index >= 15 is 0 Å². The van der Waals surface area contributed by atoms with E-state index in [1.54, 1.807) is 29.2 Å². The number of anilines is 1. The van der Waals surface area contributed by atoms with Gasteiger partial charge in [0.15, 0.2) is 0 Å². The van der Waals surface area contributed by atoms with Gasteiger partial charge in [-0.2, -0.15) is 0 Å². The molecule has 0 fully saturated rings. The van der Waals surface area contributed by atoms with Crippen molar-refractivity contribution in [2.24, 2.45) is 5.73 Å². The average molecular weight is 286 g/mol. The van der Waals surface area contributed by atoms with E-state index in [4.69, 9.17) is 5.73 Å². The third kappa shape index (κ3) is 3.67. The van der Waals surface area contributed by atoms with E-state index in [-0.39, 0.29) is 11.7 Å². The second-order valence-electron chi connectivity index (χ2n) is 4.76. The van der Waals surface area contributed by atoms with Crippen LogP contribution < -0.4 is 10.6 Å². The summed E-state index contributed by atoms with van der Waals surface area (Å²) >= 11 is 0. The van der Waals surface area contributed by atoms with Crippen molar-refractivity contribution in [3.8, 4) is 0 Å². The molecule has 1 amide bonds. The minimum absolute atomic E-state index is 0.137. The van der Waals surface area contributed by atoms with Crippen LogP contribution in [-0.4, -0.2) is 19.0 Å². The van der Waals surface area contributed by atoms with Crippen LogP contribution in [0.2, 0.25) is 0 Å². The molecule has 4 heteroatoms. The molecule has 0 saturated carbocycles. The number of benzene rings is 2. The number of rotatable bonds is 5. The van der Waals surface area contributed by atoms with Crippen molar-refractivity contribution >= 4 is 11.6 Å². The van der Waals surface area contributed by atoms with Crippen LogP contribution in [0.4, 0.5) is 10.1 Å². The van der Waals surface area contributed by atoms with Gasteiger partial charge in [-0.15, -0.1) is 0 Å². The number of hydrogen-bond donors (Lipinski definition) is 1. The molecule has 0 aliphatic carbocycles. The fourth-order valence-electron chi connectivity index (χ4n) is 2.22. The number of halogens is 1. The van der Waals surface area contributed by atoms with Gasteiger partial charge in [0, 0.05) is 17.8 Å². The van der Waals surface area contributed by atoms with Crippen LogP contribution >= 0.6 is 0 Å². The molecule has 0 unspecified atom stereocenters. The van der Waals surface area contributed by atoms with Crippen LogP contribution in [-0.2, 0) is 6.42 Å². The number of amides is 1. The van der Waals surface area contributed by atoms with Gasteiger partial charge in [0.05, 0.1) is 0 Å². The first-order valence-electron chi connectivity index (χ1n) is 7.02. The zero-order chi connectivity index (χ0) is 15.2. The quantitative estimate of drug-likeness (QED) is 0.918. The van der Waals surface area contributed by atoms with Gasteiger partial charge in [-0.05, 0) is 55.8 Å². The van der Waals surface area contributed by atoms with E-state index in [9.17, 15) is 9.18 Å². The maximum absolute atomic E-state index is 13.3. The minimum atomic E-state index is -0.350. The Labute approximate surface area is 124 Å². The predicted octanol–water partition coefficient (Wildman–Crippen LogP) is 2.99. The Morgan fingerprint density at radius 3 is 2.48 bits per heavy atom. The highest BCUT2D eigenvalue weighted by Crippen LogP contribution is 2.18. The molecule has 2 aromatic rings. The number of nitrogens with zero attached hydrogens (tertiary/aromatic N) is 1. The first kappa shape index (κ1) is 15.2. The molecule has 110 valence electrons. The molecule has 0 saturated heterocycles. The van der Waals surface area contributed by atoms with Gasteiger partial charge in [0.25, 0.3) is 5.91 Å². The summed E-state index contributed by atoms with van der Waals surface area (Å²) in [7, 11) is 0. The molecule has 0 aliphatic rings. The first-order chi connectivity index (χ1) is 10.2. The molecule has 0 aromatic heterocycles. The minimum Gasteiger partial charge on any atom is -0.330 e. The average Bonchev–Trinajstić information content (AvgIpc) is 2.49. The first-order valence-corrected chi connectivity index (χ1v) is 7.02. The zero-order valence-corrected chi connectivity index (χ0v) is 12.1. The summed E-state index contributed by atoms with van der Waals surface area (Å²) in [4.78, 5) is 14.1. The Morgan fingerprint density at radius 1 is 1.19 bits per heavy atom. The molecule has 0 atom stereocenters. The van der Waals surface area contributed by atoms with Crippen LogP contribution in [0.5, 0.6) is 0 Å². The van der Waals surface area contributed by atoms with Crippen LogP contribution in [0.15, 0.2) is 48.5 Å². The van der Waals surface area contributed by atoms with Gasteiger partial charge in [-0.1, -0.05) is 18.2 Å². The van der Waals surface area contributed by atoms with Crippen LogP contribution in [0.25, 0.3) is 0 Å². The largest absolute Gasteiger partial charge is 0.330 e. The molecule has 0 radical (unpaired) electrons. The molecule has 21 heavy (non-hydrogen) atoms. The monoisotopic (exact) mass is 286 g/mol. The van der Waals surface area contributed by atoms with Crippen molar-refractivity contribution in [3.63, 3.8) is 0 Å². The Kier molecular flexibility index (Phi) is 5.06. The molecule has 0 heterocycles. The van der Waals surface area contributed by atoms with Crippen LogP contribution in [0.1, 0.15) is 22.8 Å². The Balaban J connectivity index is 2.23. The molecule has 0 spiro atoms. The van der Waals surface area contributed by atoms with Crippen molar-refractivity contribution in [3.05, 3.63) is 65.5 Å². The summed E-state index contributed by atoms with van der Waals surface area (Å²) in [6.45, 7) is 2.93. The van der Waals surface area contributed by atoms with E-state index in [2.05, 4.69) is 0 Å². The normalized spacial score (nSPS) is 10.4. The highest BCUT2D eigenvalue weighted by molar-refractivity contribution is 6.06. The van der Waals surface area contributed by atoms with Gasteiger partial charge in [0.2, 0.25) is 0 Å². The predicted molar refractivity (Wildman–Crippen MR) is 83.0 cm³/mol. The van der Waals surface area contributed by atoms with E-state index in [0.29, 0.717) is 24.3 Å². The summed E-state index contributed by atoms with van der Waals surface area (Å²) in [5.74, 6) is -0.487. The smallest absolute Gasteiger partial charge is 0.258 e. The topological polar surface area (TPSA) is 46.3 Å². The Bertz CT molecular complexity index is 610. The van der Waals surface area contributed by atoms with Crippen molar-refractivity contribution in [1.82, 2.24) is 0 Å². The van der Waals surface area contributed by atoms with Crippen molar-refractivity contribution < 1.29 is 9.18 Å². The molecular weight excluding hydrogens is 267 g/mol. The SMILES string of the molecule is CCN(C(=O)c1ccc(CCN)cc1)c1cccc(F)c1. The lowest BCUT2D eigenvalue weighted by atomic mass is 10.1. The molecule has 2 aromatic carbocycles. The molecule has 0 aliphatic heterocycles. The lowest BCUT2D eigenvalue weighted by Gasteiger charge is -2.21. The summed E-state index contributed by atoms with van der Waals surface area (Å²) in [6.07, 6.45) is 0.788. The fraction of sp³-hybridized carbons (Fsp3) is 0.235. The Hall–Kier alpha value is -2.20. The van der Waals surface area contributed by atoms with Gasteiger partial charge in [-0.3, -0.25) is 4.79 Å². The highest BCUT2D eigenvalue weighted by Gasteiger charge is 2.16. The molecule has 0 bridgehead atoms. The van der Waals surface area contributed by atoms with Crippen LogP contribution in [0.3, 0.4) is 0 Å². The summed E-state index contributed by atoms with van der Waals surface area (Å²) in [6, 6.07) is 13.4. The summed E-state index contributed by atoms with van der Waals surface area (Å²) in [5, 5.41) is 0. The van der Waals surface area contributed by atoms with Crippen molar-refractivity contribution in [2.45, 2.75) is 13.3 Å². The van der Waals surface area contributed by atoms with E-state index in [1.165, 1.54) is 12.1 Å². The standard InChI is InChI=1S/C17H19FN2O/c1-2-20(16-5-3-4-15(18)12-16)17(21)14-8-6-13(7-9-14)10-11-19/h3-9,12H,2,10-11,19H2,1H3. The summed E-state index contributed by atoms with van der Waals surface area (Å²) in [5.41, 5.74) is 7.76.